The Kier molecular flexibility index (Phi) is 3.98. The molecule has 1 aliphatic rings. The summed E-state index contributed by atoms with van der Waals surface area (Å²) in [5.74, 6) is 0.529. The van der Waals surface area contributed by atoms with Crippen molar-refractivity contribution in [2.45, 2.75) is 26.2 Å². The Bertz CT molecular complexity index is 372. The lowest BCUT2D eigenvalue weighted by molar-refractivity contribution is 0.371. The molecule has 0 radical (unpaired) electrons. The number of benzene rings is 1. The molecule has 1 fully saturated rings. The molecular weight excluding hydrogens is 269 g/mol. The summed E-state index contributed by atoms with van der Waals surface area (Å²) in [6.45, 7) is 3.94. The van der Waals surface area contributed by atoms with Crippen LogP contribution in [0.3, 0.4) is 0 Å². The number of aryl methyl sites for hydroxylation is 1. The fourth-order valence-corrected chi connectivity index (χ4v) is 2.76. The van der Waals surface area contributed by atoms with Gasteiger partial charge in [-0.3, -0.25) is 0 Å². The SMILES string of the molecule is Cc1ccc(Br)c(CC2CCCNC2)c1F. The van der Waals surface area contributed by atoms with Crippen molar-refractivity contribution < 1.29 is 4.39 Å². The molecule has 1 atom stereocenters. The third kappa shape index (κ3) is 2.64. The molecule has 1 N–H and O–H groups in total. The maximum Gasteiger partial charge on any atom is 0.130 e. The fraction of sp³-hybridized carbons (Fsp3) is 0.538. The summed E-state index contributed by atoms with van der Waals surface area (Å²) >= 11 is 3.45. The Morgan fingerprint density at radius 1 is 1.50 bits per heavy atom. The molecule has 1 aromatic rings. The Morgan fingerprint density at radius 2 is 2.31 bits per heavy atom. The number of hydrogen-bond donors (Lipinski definition) is 1. The number of piperidine rings is 1. The molecule has 88 valence electrons. The minimum absolute atomic E-state index is 0.0417. The maximum atomic E-state index is 14.0. The molecular formula is C13H17BrFN. The maximum absolute atomic E-state index is 14.0. The van der Waals surface area contributed by atoms with Gasteiger partial charge in [0.2, 0.25) is 0 Å². The van der Waals surface area contributed by atoms with Gasteiger partial charge >= 0.3 is 0 Å². The predicted octanol–water partition coefficient (Wildman–Crippen LogP) is 3.44. The van der Waals surface area contributed by atoms with Crippen LogP contribution in [0.4, 0.5) is 4.39 Å². The predicted molar refractivity (Wildman–Crippen MR) is 68.1 cm³/mol. The van der Waals surface area contributed by atoms with Gasteiger partial charge in [0.05, 0.1) is 0 Å². The van der Waals surface area contributed by atoms with Gasteiger partial charge in [0, 0.05) is 10.0 Å². The molecule has 1 nitrogen and oxygen atoms in total. The summed E-state index contributed by atoms with van der Waals surface area (Å²) in [7, 11) is 0. The van der Waals surface area contributed by atoms with Crippen molar-refractivity contribution in [2.24, 2.45) is 5.92 Å². The van der Waals surface area contributed by atoms with Gasteiger partial charge in [0.15, 0.2) is 0 Å². The minimum atomic E-state index is -0.0417. The standard InChI is InChI=1S/C13H17BrFN/c1-9-4-5-12(14)11(13(9)15)7-10-3-2-6-16-8-10/h4-5,10,16H,2-3,6-8H2,1H3. The van der Waals surface area contributed by atoms with Crippen molar-refractivity contribution in [3.63, 3.8) is 0 Å². The molecule has 3 heteroatoms. The van der Waals surface area contributed by atoms with E-state index in [1.54, 1.807) is 0 Å². The van der Waals surface area contributed by atoms with Gasteiger partial charge < -0.3 is 5.32 Å². The summed E-state index contributed by atoms with van der Waals surface area (Å²) in [6.07, 6.45) is 3.24. The highest BCUT2D eigenvalue weighted by Gasteiger charge is 2.18. The van der Waals surface area contributed by atoms with Gasteiger partial charge in [-0.1, -0.05) is 22.0 Å². The van der Waals surface area contributed by atoms with Crippen LogP contribution in [0, 0.1) is 18.7 Å². The second-order valence-electron chi connectivity index (χ2n) is 4.57. The third-order valence-corrected chi connectivity index (χ3v) is 4.01. The Hall–Kier alpha value is -0.410. The van der Waals surface area contributed by atoms with Crippen molar-refractivity contribution in [3.8, 4) is 0 Å². The van der Waals surface area contributed by atoms with Gasteiger partial charge in [-0.15, -0.1) is 0 Å². The van der Waals surface area contributed by atoms with E-state index in [9.17, 15) is 4.39 Å². The lowest BCUT2D eigenvalue weighted by Gasteiger charge is -2.23. The van der Waals surface area contributed by atoms with Crippen molar-refractivity contribution >= 4 is 15.9 Å². The van der Waals surface area contributed by atoms with Gasteiger partial charge in [-0.05, 0) is 56.8 Å². The van der Waals surface area contributed by atoms with Gasteiger partial charge in [0.25, 0.3) is 0 Å². The van der Waals surface area contributed by atoms with Crippen LogP contribution in [-0.4, -0.2) is 13.1 Å². The molecule has 0 saturated carbocycles. The topological polar surface area (TPSA) is 12.0 Å². The van der Waals surface area contributed by atoms with E-state index in [4.69, 9.17) is 0 Å². The van der Waals surface area contributed by atoms with Crippen LogP contribution in [0.2, 0.25) is 0 Å². The van der Waals surface area contributed by atoms with Crippen molar-refractivity contribution in [3.05, 3.63) is 33.5 Å². The van der Waals surface area contributed by atoms with Crippen molar-refractivity contribution in [1.82, 2.24) is 5.32 Å². The first kappa shape index (κ1) is 12.1. The number of rotatable bonds is 2. The smallest absolute Gasteiger partial charge is 0.130 e. The zero-order valence-corrected chi connectivity index (χ0v) is 11.1. The van der Waals surface area contributed by atoms with E-state index in [0.29, 0.717) is 5.92 Å². The Balaban J connectivity index is 2.16. The molecule has 1 aliphatic heterocycles. The quantitative estimate of drug-likeness (QED) is 0.878. The zero-order valence-electron chi connectivity index (χ0n) is 9.52. The van der Waals surface area contributed by atoms with E-state index in [2.05, 4.69) is 21.2 Å². The molecule has 0 bridgehead atoms. The molecule has 1 heterocycles. The highest BCUT2D eigenvalue weighted by molar-refractivity contribution is 9.10. The van der Waals surface area contributed by atoms with E-state index in [1.807, 2.05) is 19.1 Å². The molecule has 1 aromatic carbocycles. The first-order valence-corrected chi connectivity index (χ1v) is 6.62. The lowest BCUT2D eigenvalue weighted by Crippen LogP contribution is -2.31. The van der Waals surface area contributed by atoms with E-state index < -0.39 is 0 Å². The molecule has 1 unspecified atom stereocenters. The number of nitrogens with one attached hydrogen (secondary N) is 1. The average Bonchev–Trinajstić information content (AvgIpc) is 2.31. The van der Waals surface area contributed by atoms with Gasteiger partial charge in [-0.2, -0.15) is 0 Å². The van der Waals surface area contributed by atoms with E-state index >= 15 is 0 Å². The van der Waals surface area contributed by atoms with Gasteiger partial charge in [0.1, 0.15) is 5.82 Å². The van der Waals surface area contributed by atoms with Crippen LogP contribution in [0.5, 0.6) is 0 Å². The average molecular weight is 286 g/mol. The normalized spacial score (nSPS) is 21.1. The molecule has 0 amide bonds. The van der Waals surface area contributed by atoms with Crippen molar-refractivity contribution in [2.75, 3.05) is 13.1 Å². The Labute approximate surface area is 105 Å². The molecule has 16 heavy (non-hydrogen) atoms. The summed E-state index contributed by atoms with van der Waals surface area (Å²) in [5, 5.41) is 3.37. The largest absolute Gasteiger partial charge is 0.316 e. The first-order chi connectivity index (χ1) is 7.68. The zero-order chi connectivity index (χ0) is 11.5. The van der Waals surface area contributed by atoms with Crippen LogP contribution in [0.1, 0.15) is 24.0 Å². The molecule has 1 saturated heterocycles. The molecule has 0 aromatic heterocycles. The van der Waals surface area contributed by atoms with Crippen LogP contribution in [0.15, 0.2) is 16.6 Å². The van der Waals surface area contributed by atoms with Crippen molar-refractivity contribution in [1.29, 1.82) is 0 Å². The molecule has 2 rings (SSSR count). The second-order valence-corrected chi connectivity index (χ2v) is 5.43. The third-order valence-electron chi connectivity index (χ3n) is 3.27. The Morgan fingerprint density at radius 3 is 3.00 bits per heavy atom. The summed E-state index contributed by atoms with van der Waals surface area (Å²) < 4.78 is 14.9. The number of halogens is 2. The van der Waals surface area contributed by atoms with E-state index in [0.717, 1.165) is 35.1 Å². The fourth-order valence-electron chi connectivity index (χ4n) is 2.29. The lowest BCUT2D eigenvalue weighted by atomic mass is 9.91. The summed E-state index contributed by atoms with van der Waals surface area (Å²) in [6, 6.07) is 3.77. The monoisotopic (exact) mass is 285 g/mol. The molecule has 0 spiro atoms. The minimum Gasteiger partial charge on any atom is -0.316 e. The second kappa shape index (κ2) is 5.28. The highest BCUT2D eigenvalue weighted by atomic mass is 79.9. The van der Waals surface area contributed by atoms with Crippen LogP contribution >= 0.6 is 15.9 Å². The van der Waals surface area contributed by atoms with E-state index in [1.165, 1.54) is 12.8 Å². The van der Waals surface area contributed by atoms with Crippen LogP contribution < -0.4 is 5.32 Å². The summed E-state index contributed by atoms with van der Waals surface area (Å²) in [4.78, 5) is 0. The van der Waals surface area contributed by atoms with Crippen LogP contribution in [0.25, 0.3) is 0 Å². The summed E-state index contributed by atoms with van der Waals surface area (Å²) in [5.41, 5.74) is 1.58. The molecule has 0 aliphatic carbocycles. The number of hydrogen-bond acceptors (Lipinski definition) is 1. The van der Waals surface area contributed by atoms with Gasteiger partial charge in [-0.25, -0.2) is 4.39 Å². The highest BCUT2D eigenvalue weighted by Crippen LogP contribution is 2.27. The van der Waals surface area contributed by atoms with E-state index in [-0.39, 0.29) is 5.82 Å². The first-order valence-electron chi connectivity index (χ1n) is 5.82. The van der Waals surface area contributed by atoms with Crippen LogP contribution in [-0.2, 0) is 6.42 Å².